The first kappa shape index (κ1) is 8.65. The molecule has 0 aliphatic heterocycles. The van der Waals surface area contributed by atoms with E-state index < -0.39 is 0 Å². The second kappa shape index (κ2) is 2.92. The van der Waals surface area contributed by atoms with E-state index in [0.717, 1.165) is 0 Å². The first-order chi connectivity index (χ1) is 7.74. The summed E-state index contributed by atoms with van der Waals surface area (Å²) in [4.78, 5) is 24.6. The van der Waals surface area contributed by atoms with Crippen molar-refractivity contribution < 1.29 is 4.52 Å². The molecular formula is C8H6N6O2. The van der Waals surface area contributed by atoms with Crippen molar-refractivity contribution in [3.05, 3.63) is 22.7 Å². The highest BCUT2D eigenvalue weighted by Gasteiger charge is 2.11. The van der Waals surface area contributed by atoms with Gasteiger partial charge in [0.15, 0.2) is 17.0 Å². The lowest BCUT2D eigenvalue weighted by atomic mass is 10.4. The first-order valence-corrected chi connectivity index (χ1v) is 4.40. The monoisotopic (exact) mass is 218 g/mol. The number of nitrogens with one attached hydrogen (secondary N) is 2. The lowest BCUT2D eigenvalue weighted by molar-refractivity contribution is 0.422. The van der Waals surface area contributed by atoms with E-state index in [1.165, 1.54) is 6.26 Å². The number of nitrogen functional groups attached to an aromatic ring is 1. The lowest BCUT2D eigenvalue weighted by Gasteiger charge is -1.89. The number of hydrogen-bond donors (Lipinski definition) is 3. The number of nitrogens with two attached hydrogens (primary N) is 1. The number of anilines is 1. The summed E-state index contributed by atoms with van der Waals surface area (Å²) in [5.41, 5.74) is 6.03. The zero-order chi connectivity index (χ0) is 11.1. The predicted octanol–water partition coefficient (Wildman–Crippen LogP) is -0.117. The Morgan fingerprint density at radius 1 is 1.31 bits per heavy atom. The number of fused-ring (bicyclic) bond motifs is 1. The van der Waals surface area contributed by atoms with Crippen molar-refractivity contribution in [1.29, 1.82) is 0 Å². The van der Waals surface area contributed by atoms with Gasteiger partial charge in [0.1, 0.15) is 12.0 Å². The molecule has 0 fully saturated rings. The average Bonchev–Trinajstić information content (AvgIpc) is 2.82. The van der Waals surface area contributed by atoms with Gasteiger partial charge in [-0.1, -0.05) is 5.16 Å². The van der Waals surface area contributed by atoms with Crippen LogP contribution in [-0.4, -0.2) is 25.1 Å². The Hall–Kier alpha value is -2.64. The maximum Gasteiger partial charge on any atom is 0.278 e. The molecule has 3 heterocycles. The van der Waals surface area contributed by atoms with Gasteiger partial charge in [-0.2, -0.15) is 4.98 Å². The van der Waals surface area contributed by atoms with E-state index in [1.807, 2.05) is 0 Å². The highest BCUT2D eigenvalue weighted by atomic mass is 16.5. The van der Waals surface area contributed by atoms with Crippen LogP contribution in [0.1, 0.15) is 0 Å². The molecule has 80 valence electrons. The number of rotatable bonds is 1. The Morgan fingerprint density at radius 3 is 2.94 bits per heavy atom. The molecule has 0 saturated carbocycles. The fourth-order valence-corrected chi connectivity index (χ4v) is 1.38. The molecule has 0 bridgehead atoms. The number of H-pyrrole nitrogens is 2. The van der Waals surface area contributed by atoms with Gasteiger partial charge in [-0.05, 0) is 0 Å². The van der Waals surface area contributed by atoms with Crippen molar-refractivity contribution in [2.75, 3.05) is 5.73 Å². The van der Waals surface area contributed by atoms with E-state index in [4.69, 9.17) is 5.73 Å². The van der Waals surface area contributed by atoms with E-state index in [9.17, 15) is 4.79 Å². The molecule has 0 spiro atoms. The molecule has 3 rings (SSSR count). The maximum absolute atomic E-state index is 11.5. The van der Waals surface area contributed by atoms with Crippen LogP contribution < -0.4 is 11.3 Å². The minimum atomic E-state index is -0.371. The van der Waals surface area contributed by atoms with E-state index in [2.05, 4.69) is 29.6 Å². The van der Waals surface area contributed by atoms with E-state index in [-0.39, 0.29) is 22.7 Å². The van der Waals surface area contributed by atoms with Crippen LogP contribution in [0.15, 0.2) is 21.6 Å². The molecule has 4 N–H and O–H groups in total. The number of imidazole rings is 1. The van der Waals surface area contributed by atoms with Gasteiger partial charge in [0.25, 0.3) is 5.56 Å². The first-order valence-electron chi connectivity index (χ1n) is 4.40. The largest absolute Gasteiger partial charge is 0.369 e. The summed E-state index contributed by atoms with van der Waals surface area (Å²) in [6.07, 6.45) is 1.41. The van der Waals surface area contributed by atoms with E-state index in [0.29, 0.717) is 11.5 Å². The Bertz CT molecular complexity index is 695. The van der Waals surface area contributed by atoms with Crippen molar-refractivity contribution in [3.8, 4) is 11.5 Å². The van der Waals surface area contributed by atoms with Crippen molar-refractivity contribution >= 4 is 17.1 Å². The predicted molar refractivity (Wildman–Crippen MR) is 54.4 cm³/mol. The Kier molecular flexibility index (Phi) is 1.58. The summed E-state index contributed by atoms with van der Waals surface area (Å²) in [5, 5.41) is 3.69. The lowest BCUT2D eigenvalue weighted by Crippen LogP contribution is -2.10. The van der Waals surface area contributed by atoms with Crippen LogP contribution in [-0.2, 0) is 0 Å². The van der Waals surface area contributed by atoms with Crippen LogP contribution >= 0.6 is 0 Å². The SMILES string of the molecule is Nc1nc2nc(-c3ccon3)[nH]c2c(=O)[nH]1. The summed E-state index contributed by atoms with van der Waals surface area (Å²) in [7, 11) is 0. The van der Waals surface area contributed by atoms with Gasteiger partial charge in [-0.15, -0.1) is 0 Å². The van der Waals surface area contributed by atoms with Crippen molar-refractivity contribution in [2.45, 2.75) is 0 Å². The van der Waals surface area contributed by atoms with Crippen molar-refractivity contribution in [1.82, 2.24) is 25.1 Å². The van der Waals surface area contributed by atoms with Gasteiger partial charge >= 0.3 is 0 Å². The fraction of sp³-hybridized carbons (Fsp3) is 0. The molecule has 0 atom stereocenters. The Labute approximate surface area is 87.5 Å². The van der Waals surface area contributed by atoms with Gasteiger partial charge < -0.3 is 15.2 Å². The van der Waals surface area contributed by atoms with Crippen molar-refractivity contribution in [2.24, 2.45) is 0 Å². The third kappa shape index (κ3) is 1.16. The van der Waals surface area contributed by atoms with Gasteiger partial charge in [-0.3, -0.25) is 9.78 Å². The molecule has 8 nitrogen and oxygen atoms in total. The van der Waals surface area contributed by atoms with Crippen LogP contribution in [0.2, 0.25) is 0 Å². The van der Waals surface area contributed by atoms with Crippen LogP contribution in [0.5, 0.6) is 0 Å². The maximum atomic E-state index is 11.5. The third-order valence-electron chi connectivity index (χ3n) is 2.06. The topological polar surface area (TPSA) is 126 Å². The Morgan fingerprint density at radius 2 is 2.19 bits per heavy atom. The van der Waals surface area contributed by atoms with Crippen LogP contribution in [0.4, 0.5) is 5.95 Å². The molecule has 0 aromatic carbocycles. The van der Waals surface area contributed by atoms with Gasteiger partial charge in [0, 0.05) is 6.07 Å². The van der Waals surface area contributed by atoms with E-state index in [1.54, 1.807) is 6.07 Å². The molecule has 0 amide bonds. The zero-order valence-corrected chi connectivity index (χ0v) is 7.89. The summed E-state index contributed by atoms with van der Waals surface area (Å²) >= 11 is 0. The quantitative estimate of drug-likeness (QED) is 0.522. The molecule has 0 radical (unpaired) electrons. The third-order valence-corrected chi connectivity index (χ3v) is 2.06. The van der Waals surface area contributed by atoms with Crippen LogP contribution in [0.3, 0.4) is 0 Å². The van der Waals surface area contributed by atoms with E-state index >= 15 is 0 Å². The molecule has 3 aromatic heterocycles. The van der Waals surface area contributed by atoms with Gasteiger partial charge in [0.2, 0.25) is 5.95 Å². The molecule has 0 aliphatic carbocycles. The molecule has 0 saturated heterocycles. The number of hydrogen-bond acceptors (Lipinski definition) is 6. The highest BCUT2D eigenvalue weighted by molar-refractivity contribution is 5.74. The molecular weight excluding hydrogens is 212 g/mol. The smallest absolute Gasteiger partial charge is 0.278 e. The second-order valence-electron chi connectivity index (χ2n) is 3.12. The molecule has 0 unspecified atom stereocenters. The zero-order valence-electron chi connectivity index (χ0n) is 7.89. The summed E-state index contributed by atoms with van der Waals surface area (Å²) in [6, 6.07) is 1.62. The summed E-state index contributed by atoms with van der Waals surface area (Å²) < 4.78 is 4.68. The average molecular weight is 218 g/mol. The van der Waals surface area contributed by atoms with Gasteiger partial charge in [0.05, 0.1) is 0 Å². The summed E-state index contributed by atoms with van der Waals surface area (Å²) in [6.45, 7) is 0. The molecule has 8 heteroatoms. The minimum Gasteiger partial charge on any atom is -0.369 e. The highest BCUT2D eigenvalue weighted by Crippen LogP contribution is 2.15. The standard InChI is InChI=1S/C8H6N6O2/c9-8-12-6-4(7(15)13-8)10-5(11-6)3-1-2-16-14-3/h1-2H,(H4,9,10,11,12,13,15). The normalized spacial score (nSPS) is 11.0. The van der Waals surface area contributed by atoms with Crippen LogP contribution in [0.25, 0.3) is 22.7 Å². The minimum absolute atomic E-state index is 0.0238. The molecule has 3 aromatic rings. The van der Waals surface area contributed by atoms with Crippen molar-refractivity contribution in [3.63, 3.8) is 0 Å². The number of aromatic nitrogens is 5. The second-order valence-corrected chi connectivity index (χ2v) is 3.12. The fourth-order valence-electron chi connectivity index (χ4n) is 1.38. The number of nitrogens with zero attached hydrogens (tertiary/aromatic N) is 3. The Balaban J connectivity index is 2.31. The van der Waals surface area contributed by atoms with Crippen LogP contribution in [0, 0.1) is 0 Å². The molecule has 16 heavy (non-hydrogen) atoms. The summed E-state index contributed by atoms with van der Waals surface area (Å²) in [5.74, 6) is 0.433. The number of aromatic amines is 2. The van der Waals surface area contributed by atoms with Gasteiger partial charge in [-0.25, -0.2) is 4.98 Å². The molecule has 0 aliphatic rings.